The van der Waals surface area contributed by atoms with Crippen molar-refractivity contribution in [2.45, 2.75) is 85.6 Å². The fourth-order valence-corrected chi connectivity index (χ4v) is 1.83. The fraction of sp³-hybridized carbons (Fsp3) is 0.938. The van der Waals surface area contributed by atoms with E-state index in [2.05, 4.69) is 41.5 Å². The minimum Gasteiger partial charge on any atom is -0.341 e. The smallest absolute Gasteiger partial charge is 0.222 e. The summed E-state index contributed by atoms with van der Waals surface area (Å²) in [6, 6.07) is 0. The fourth-order valence-electron chi connectivity index (χ4n) is 1.83. The van der Waals surface area contributed by atoms with Crippen molar-refractivity contribution < 1.29 is 4.79 Å². The van der Waals surface area contributed by atoms with E-state index in [4.69, 9.17) is 0 Å². The summed E-state index contributed by atoms with van der Waals surface area (Å²) < 4.78 is 0. The number of unbranched alkanes of at least 4 members (excludes halogenated alkanes) is 3. The first-order valence-corrected chi connectivity index (χ1v) is 7.31. The predicted octanol–water partition coefficient (Wildman–Crippen LogP) is 4.63. The molecule has 0 atom stereocenters. The van der Waals surface area contributed by atoms with Crippen molar-refractivity contribution in [3.8, 4) is 0 Å². The van der Waals surface area contributed by atoms with Crippen molar-refractivity contribution >= 4 is 5.91 Å². The van der Waals surface area contributed by atoms with Gasteiger partial charge in [0.25, 0.3) is 0 Å². The van der Waals surface area contributed by atoms with Crippen LogP contribution < -0.4 is 0 Å². The van der Waals surface area contributed by atoms with Gasteiger partial charge in [0, 0.05) is 19.0 Å². The largest absolute Gasteiger partial charge is 0.341 e. The zero-order chi connectivity index (χ0) is 14.4. The van der Waals surface area contributed by atoms with Crippen molar-refractivity contribution in [1.29, 1.82) is 0 Å². The maximum Gasteiger partial charge on any atom is 0.222 e. The SMILES string of the molecule is CN(C(=O)CCCCCCC(C)(C)C)C(C)(C)C. The maximum absolute atomic E-state index is 11.9. The third-order valence-corrected chi connectivity index (χ3v) is 3.45. The molecule has 0 N–H and O–H groups in total. The molecule has 0 aliphatic carbocycles. The minimum atomic E-state index is -0.0523. The number of amides is 1. The van der Waals surface area contributed by atoms with Crippen LogP contribution in [0.4, 0.5) is 0 Å². The molecule has 0 aromatic carbocycles. The van der Waals surface area contributed by atoms with E-state index in [1.807, 2.05) is 11.9 Å². The Bertz CT molecular complexity index is 245. The van der Waals surface area contributed by atoms with Gasteiger partial charge in [0.2, 0.25) is 5.91 Å². The van der Waals surface area contributed by atoms with Crippen molar-refractivity contribution in [3.05, 3.63) is 0 Å². The normalized spacial score (nSPS) is 12.6. The molecule has 2 heteroatoms. The van der Waals surface area contributed by atoms with Gasteiger partial charge in [-0.1, -0.05) is 40.0 Å². The molecule has 0 saturated carbocycles. The highest BCUT2D eigenvalue weighted by molar-refractivity contribution is 5.76. The molecule has 0 heterocycles. The Morgan fingerprint density at radius 2 is 1.39 bits per heavy atom. The lowest BCUT2D eigenvalue weighted by Crippen LogP contribution is -2.42. The molecular weight excluding hydrogens is 222 g/mol. The van der Waals surface area contributed by atoms with Gasteiger partial charge >= 0.3 is 0 Å². The van der Waals surface area contributed by atoms with Crippen LogP contribution in [0.2, 0.25) is 0 Å². The lowest BCUT2D eigenvalue weighted by atomic mass is 9.89. The van der Waals surface area contributed by atoms with E-state index in [0.29, 0.717) is 11.8 Å². The van der Waals surface area contributed by atoms with Crippen molar-refractivity contribution in [2.24, 2.45) is 5.41 Å². The Labute approximate surface area is 114 Å². The summed E-state index contributed by atoms with van der Waals surface area (Å²) in [6.07, 6.45) is 6.73. The molecule has 18 heavy (non-hydrogen) atoms. The molecular formula is C16H33NO. The third-order valence-electron chi connectivity index (χ3n) is 3.45. The molecule has 0 aromatic rings. The number of hydrogen-bond acceptors (Lipinski definition) is 1. The summed E-state index contributed by atoms with van der Waals surface area (Å²) in [4.78, 5) is 13.8. The van der Waals surface area contributed by atoms with E-state index in [1.165, 1.54) is 25.7 Å². The molecule has 0 bridgehead atoms. The van der Waals surface area contributed by atoms with Gasteiger partial charge in [-0.25, -0.2) is 0 Å². The lowest BCUT2D eigenvalue weighted by molar-refractivity contribution is -0.134. The second-order valence-electron chi connectivity index (χ2n) is 7.60. The molecule has 0 aliphatic rings. The van der Waals surface area contributed by atoms with Crippen LogP contribution in [-0.2, 0) is 4.79 Å². The van der Waals surface area contributed by atoms with Gasteiger partial charge in [0.15, 0.2) is 0 Å². The molecule has 0 saturated heterocycles. The van der Waals surface area contributed by atoms with Crippen molar-refractivity contribution in [1.82, 2.24) is 4.90 Å². The third kappa shape index (κ3) is 8.54. The molecule has 108 valence electrons. The Morgan fingerprint density at radius 1 is 0.889 bits per heavy atom. The number of hydrogen-bond donors (Lipinski definition) is 0. The molecule has 2 nitrogen and oxygen atoms in total. The highest BCUT2D eigenvalue weighted by Gasteiger charge is 2.21. The van der Waals surface area contributed by atoms with Gasteiger partial charge in [-0.3, -0.25) is 4.79 Å². The first kappa shape index (κ1) is 17.5. The lowest BCUT2D eigenvalue weighted by Gasteiger charge is -2.32. The standard InChI is InChI=1S/C16H33NO/c1-15(2,3)13-11-9-8-10-12-14(18)17(7)16(4,5)6/h8-13H2,1-7H3. The van der Waals surface area contributed by atoms with Crippen LogP contribution in [-0.4, -0.2) is 23.4 Å². The first-order valence-electron chi connectivity index (χ1n) is 7.31. The van der Waals surface area contributed by atoms with Crippen LogP contribution >= 0.6 is 0 Å². The number of carbonyl (C=O) groups is 1. The predicted molar refractivity (Wildman–Crippen MR) is 79.7 cm³/mol. The van der Waals surface area contributed by atoms with Crippen molar-refractivity contribution in [3.63, 3.8) is 0 Å². The average Bonchev–Trinajstić information content (AvgIpc) is 2.18. The van der Waals surface area contributed by atoms with E-state index >= 15 is 0 Å². The summed E-state index contributed by atoms with van der Waals surface area (Å²) >= 11 is 0. The highest BCUT2D eigenvalue weighted by atomic mass is 16.2. The Morgan fingerprint density at radius 3 is 1.83 bits per heavy atom. The molecule has 0 spiro atoms. The summed E-state index contributed by atoms with van der Waals surface area (Å²) in [5.41, 5.74) is 0.394. The molecule has 0 aromatic heterocycles. The highest BCUT2D eigenvalue weighted by Crippen LogP contribution is 2.22. The van der Waals surface area contributed by atoms with Gasteiger partial charge < -0.3 is 4.90 Å². The second-order valence-corrected chi connectivity index (χ2v) is 7.60. The number of nitrogens with zero attached hydrogens (tertiary/aromatic N) is 1. The maximum atomic E-state index is 11.9. The Kier molecular flexibility index (Phi) is 6.94. The monoisotopic (exact) mass is 255 g/mol. The van der Waals surface area contributed by atoms with E-state index in [9.17, 15) is 4.79 Å². The zero-order valence-corrected chi connectivity index (χ0v) is 13.6. The number of carbonyl (C=O) groups excluding carboxylic acids is 1. The summed E-state index contributed by atoms with van der Waals surface area (Å²) in [5, 5.41) is 0. The van der Waals surface area contributed by atoms with E-state index in [-0.39, 0.29) is 11.4 Å². The van der Waals surface area contributed by atoms with Crippen LogP contribution in [0.15, 0.2) is 0 Å². The van der Waals surface area contributed by atoms with Gasteiger partial charge in [-0.05, 0) is 39.0 Å². The van der Waals surface area contributed by atoms with Crippen LogP contribution in [0, 0.1) is 5.41 Å². The molecule has 0 fully saturated rings. The van der Waals surface area contributed by atoms with Gasteiger partial charge in [0.1, 0.15) is 0 Å². The first-order chi connectivity index (χ1) is 8.04. The van der Waals surface area contributed by atoms with Gasteiger partial charge in [0.05, 0.1) is 0 Å². The average molecular weight is 255 g/mol. The van der Waals surface area contributed by atoms with Crippen LogP contribution in [0.25, 0.3) is 0 Å². The van der Waals surface area contributed by atoms with Gasteiger partial charge in [-0.15, -0.1) is 0 Å². The topological polar surface area (TPSA) is 20.3 Å². The van der Waals surface area contributed by atoms with E-state index < -0.39 is 0 Å². The van der Waals surface area contributed by atoms with E-state index in [1.54, 1.807) is 0 Å². The summed E-state index contributed by atoms with van der Waals surface area (Å²) in [5.74, 6) is 0.276. The van der Waals surface area contributed by atoms with E-state index in [0.717, 1.165) is 6.42 Å². The molecule has 0 rings (SSSR count). The van der Waals surface area contributed by atoms with Crippen LogP contribution in [0.5, 0.6) is 0 Å². The van der Waals surface area contributed by atoms with Gasteiger partial charge in [-0.2, -0.15) is 0 Å². The molecule has 1 amide bonds. The summed E-state index contributed by atoms with van der Waals surface area (Å²) in [6.45, 7) is 13.1. The molecule has 0 unspecified atom stereocenters. The Balaban J connectivity index is 3.65. The second kappa shape index (κ2) is 7.16. The quantitative estimate of drug-likeness (QED) is 0.634. The Hall–Kier alpha value is -0.530. The van der Waals surface area contributed by atoms with Crippen LogP contribution in [0.1, 0.15) is 80.1 Å². The molecule has 0 aliphatic heterocycles. The zero-order valence-electron chi connectivity index (χ0n) is 13.6. The summed E-state index contributed by atoms with van der Waals surface area (Å²) in [7, 11) is 1.90. The number of rotatable bonds is 6. The van der Waals surface area contributed by atoms with Crippen LogP contribution in [0.3, 0.4) is 0 Å². The molecule has 0 radical (unpaired) electrons. The minimum absolute atomic E-state index is 0.0523. The van der Waals surface area contributed by atoms with Crippen molar-refractivity contribution in [2.75, 3.05) is 7.05 Å².